The van der Waals surface area contributed by atoms with Crippen LogP contribution in [-0.2, 0) is 4.74 Å². The molecule has 0 radical (unpaired) electrons. The summed E-state index contributed by atoms with van der Waals surface area (Å²) in [5.74, 6) is 0.310. The van der Waals surface area contributed by atoms with Crippen molar-refractivity contribution >= 4 is 51.4 Å². The average Bonchev–Trinajstić information content (AvgIpc) is 3.35. The van der Waals surface area contributed by atoms with E-state index < -0.39 is 18.4 Å². The molecular weight excluding hydrogens is 396 g/mol. The Hall–Kier alpha value is -2.53. The number of anilines is 1. The topological polar surface area (TPSA) is 102 Å². The van der Waals surface area contributed by atoms with Crippen LogP contribution in [0, 0.1) is 0 Å². The minimum absolute atomic E-state index is 0.310. The van der Waals surface area contributed by atoms with Crippen molar-refractivity contribution in [3.8, 4) is 0 Å². The van der Waals surface area contributed by atoms with Gasteiger partial charge in [-0.1, -0.05) is 48.7 Å². The van der Waals surface area contributed by atoms with Crippen LogP contribution in [0.25, 0.3) is 11.2 Å². The fourth-order valence-electron chi connectivity index (χ4n) is 3.72. The van der Waals surface area contributed by atoms with Gasteiger partial charge in [0.25, 0.3) is 0 Å². The molecule has 2 aliphatic heterocycles. The third kappa shape index (κ3) is 2.60. The summed E-state index contributed by atoms with van der Waals surface area (Å²) in [7, 11) is 0. The predicted octanol–water partition coefficient (Wildman–Crippen LogP) is 1.42. The molecule has 0 aliphatic carbocycles. The fourth-order valence-corrected chi connectivity index (χ4v) is 4.46. The number of fused-ring (bicyclic) bond motifs is 2. The molecule has 3 N–H and O–H groups in total. The summed E-state index contributed by atoms with van der Waals surface area (Å²) >= 11 is 11.2. The van der Waals surface area contributed by atoms with Gasteiger partial charge in [-0.25, -0.2) is 15.0 Å². The van der Waals surface area contributed by atoms with Crippen molar-refractivity contribution in [3.63, 3.8) is 0 Å². The first-order valence-electron chi connectivity index (χ1n) is 8.76. The number of hydrogen-bond acceptors (Lipinski definition) is 8. The van der Waals surface area contributed by atoms with Crippen molar-refractivity contribution in [2.45, 2.75) is 24.9 Å². The number of ether oxygens (including phenoxy) is 1. The van der Waals surface area contributed by atoms with Gasteiger partial charge >= 0.3 is 0 Å². The number of aliphatic hydroxyl groups excluding tert-OH is 1. The molecule has 2 aliphatic rings. The number of rotatable bonds is 3. The van der Waals surface area contributed by atoms with E-state index in [1.54, 1.807) is 10.9 Å². The molecule has 3 atom stereocenters. The lowest BCUT2D eigenvalue weighted by atomic mass is 10.1. The third-order valence-electron chi connectivity index (χ3n) is 5.14. The largest absolute Gasteiger partial charge is 0.390 e. The number of thiocarbonyl (C=S) groups is 2. The van der Waals surface area contributed by atoms with Crippen molar-refractivity contribution in [1.82, 2.24) is 24.4 Å². The van der Waals surface area contributed by atoms with Crippen LogP contribution in [0.15, 0.2) is 36.9 Å². The van der Waals surface area contributed by atoms with Gasteiger partial charge in [-0.3, -0.25) is 4.57 Å². The molecule has 1 saturated heterocycles. The number of hydrogen-bond donors (Lipinski definition) is 2. The van der Waals surface area contributed by atoms with Gasteiger partial charge in [0.1, 0.15) is 34.2 Å². The summed E-state index contributed by atoms with van der Waals surface area (Å²) < 4.78 is 7.90. The standard InChI is InChI=1S/C18H16N6O2S2/c19-15-14-16(21-7-20-15)24(8-22-14)13-5-11(25)12(26-13)6-23-17(27)9-3-1-2-4-10(9)18(23)28/h1-4,7-8,11-13,25H,5-6H2,(H2,19,20,21)/t11-,12+,13+/m0/s1. The van der Waals surface area contributed by atoms with Crippen molar-refractivity contribution in [3.05, 3.63) is 48.0 Å². The fraction of sp³-hybridized carbons (Fsp3) is 0.278. The van der Waals surface area contributed by atoms with Crippen molar-refractivity contribution in [1.29, 1.82) is 0 Å². The van der Waals surface area contributed by atoms with Gasteiger partial charge in [-0.05, 0) is 0 Å². The molecule has 0 spiro atoms. The molecule has 1 fully saturated rings. The van der Waals surface area contributed by atoms with Crippen LogP contribution < -0.4 is 5.73 Å². The number of benzene rings is 1. The van der Waals surface area contributed by atoms with Gasteiger partial charge < -0.3 is 20.5 Å². The molecule has 0 amide bonds. The van der Waals surface area contributed by atoms with Gasteiger partial charge in [0, 0.05) is 17.5 Å². The molecule has 2 aromatic heterocycles. The molecular formula is C18H16N6O2S2. The highest BCUT2D eigenvalue weighted by Gasteiger charge is 2.39. The van der Waals surface area contributed by atoms with Gasteiger partial charge in [0.05, 0.1) is 19.0 Å². The van der Waals surface area contributed by atoms with Crippen LogP contribution in [0.3, 0.4) is 0 Å². The summed E-state index contributed by atoms with van der Waals surface area (Å²) in [5, 5.41) is 10.6. The van der Waals surface area contributed by atoms with Gasteiger partial charge in [-0.2, -0.15) is 0 Å². The molecule has 1 aromatic carbocycles. The molecule has 8 nitrogen and oxygen atoms in total. The molecule has 0 saturated carbocycles. The maximum atomic E-state index is 10.6. The second-order valence-corrected chi connectivity index (χ2v) is 7.56. The molecule has 142 valence electrons. The SMILES string of the molecule is Nc1ncnc2c1ncn2[C@H]1C[C@H](O)[C@@H](CN2C(=S)c3ccccc3C2=S)O1. The van der Waals surface area contributed by atoms with Crippen LogP contribution in [0.5, 0.6) is 0 Å². The van der Waals surface area contributed by atoms with E-state index in [0.717, 1.165) is 11.1 Å². The number of nitrogens with two attached hydrogens (primary N) is 1. The predicted molar refractivity (Wildman–Crippen MR) is 111 cm³/mol. The van der Waals surface area contributed by atoms with Crippen LogP contribution in [0.4, 0.5) is 5.82 Å². The lowest BCUT2D eigenvalue weighted by Gasteiger charge is -2.24. The molecule has 3 aromatic rings. The summed E-state index contributed by atoms with van der Waals surface area (Å²) in [6, 6.07) is 7.79. The lowest BCUT2D eigenvalue weighted by molar-refractivity contribution is -0.0201. The minimum atomic E-state index is -0.670. The number of nitrogens with zero attached hydrogens (tertiary/aromatic N) is 5. The van der Waals surface area contributed by atoms with Crippen LogP contribution in [0.2, 0.25) is 0 Å². The van der Waals surface area contributed by atoms with Crippen LogP contribution in [0.1, 0.15) is 23.8 Å². The smallest absolute Gasteiger partial charge is 0.167 e. The number of aliphatic hydroxyl groups is 1. The van der Waals surface area contributed by atoms with Gasteiger partial charge in [-0.15, -0.1) is 0 Å². The normalized spacial score (nSPS) is 24.3. The van der Waals surface area contributed by atoms with Crippen LogP contribution >= 0.6 is 24.4 Å². The first-order valence-corrected chi connectivity index (χ1v) is 9.58. The molecule has 10 heteroatoms. The monoisotopic (exact) mass is 412 g/mol. The Bertz CT molecular complexity index is 1080. The molecule has 0 unspecified atom stereocenters. The van der Waals surface area contributed by atoms with E-state index in [9.17, 15) is 5.11 Å². The first-order chi connectivity index (χ1) is 13.5. The Labute approximate surface area is 171 Å². The molecule has 0 bridgehead atoms. The Morgan fingerprint density at radius 2 is 1.86 bits per heavy atom. The van der Waals surface area contributed by atoms with E-state index in [2.05, 4.69) is 15.0 Å². The van der Waals surface area contributed by atoms with Gasteiger partial charge in [0.15, 0.2) is 11.5 Å². The van der Waals surface area contributed by atoms with E-state index in [4.69, 9.17) is 34.9 Å². The van der Waals surface area contributed by atoms with E-state index in [1.807, 2.05) is 29.2 Å². The highest BCUT2D eigenvalue weighted by molar-refractivity contribution is 7.82. The first kappa shape index (κ1) is 17.6. The third-order valence-corrected chi connectivity index (χ3v) is 6.02. The van der Waals surface area contributed by atoms with E-state index >= 15 is 0 Å². The summed E-state index contributed by atoms with van der Waals surface area (Å²) in [6.07, 6.45) is 1.86. The maximum absolute atomic E-state index is 10.6. The number of nitrogen functional groups attached to an aromatic ring is 1. The Morgan fingerprint density at radius 1 is 1.14 bits per heavy atom. The zero-order valence-corrected chi connectivity index (χ0v) is 16.2. The highest BCUT2D eigenvalue weighted by atomic mass is 32.1. The molecule has 4 heterocycles. The molecule has 28 heavy (non-hydrogen) atoms. The molecule has 5 rings (SSSR count). The maximum Gasteiger partial charge on any atom is 0.167 e. The zero-order valence-electron chi connectivity index (χ0n) is 14.6. The number of aromatic nitrogens is 4. The number of imidazole rings is 1. The van der Waals surface area contributed by atoms with Crippen LogP contribution in [-0.4, -0.2) is 58.3 Å². The zero-order chi connectivity index (χ0) is 19.4. The second-order valence-electron chi connectivity index (χ2n) is 6.78. The van der Waals surface area contributed by atoms with Crippen molar-refractivity contribution in [2.24, 2.45) is 0 Å². The lowest BCUT2D eigenvalue weighted by Crippen LogP contribution is -2.39. The summed E-state index contributed by atoms with van der Waals surface area (Å²) in [4.78, 5) is 15.6. The summed E-state index contributed by atoms with van der Waals surface area (Å²) in [5.41, 5.74) is 8.83. The van der Waals surface area contributed by atoms with E-state index in [0.29, 0.717) is 39.9 Å². The van der Waals surface area contributed by atoms with Crippen molar-refractivity contribution in [2.75, 3.05) is 12.3 Å². The Morgan fingerprint density at radius 3 is 2.57 bits per heavy atom. The van der Waals surface area contributed by atoms with Crippen molar-refractivity contribution < 1.29 is 9.84 Å². The quantitative estimate of drug-likeness (QED) is 0.618. The van der Waals surface area contributed by atoms with E-state index in [-0.39, 0.29) is 0 Å². The summed E-state index contributed by atoms with van der Waals surface area (Å²) in [6.45, 7) is 0.383. The second kappa shape index (κ2) is 6.52. The Kier molecular flexibility index (Phi) is 4.09. The Balaban J connectivity index is 1.38. The minimum Gasteiger partial charge on any atom is -0.390 e. The highest BCUT2D eigenvalue weighted by Crippen LogP contribution is 2.33. The van der Waals surface area contributed by atoms with Gasteiger partial charge in [0.2, 0.25) is 0 Å². The van der Waals surface area contributed by atoms with E-state index in [1.165, 1.54) is 6.33 Å². The average molecular weight is 413 g/mol.